The standard InChI is InChI=1S/C31H38FN3O4S/c1-3-21-7-6-8-23(17-21)31(13-14-31)33-20-27(36)26-19-22-10-11-28(24(32)18-22)39-15-5-4-9-29(37)34-25(12-16-40-2)30(38)35-26/h1,6-8,10-11,17-18,25-27,33,36H,4-5,9,12-16,19-20H2,2H3,(H,34,37)(H,35,38)/t25-,26-,27+/m0/s1. The van der Waals surface area contributed by atoms with Crippen LogP contribution < -0.4 is 20.7 Å². The quantitative estimate of drug-likeness (QED) is 0.366. The molecule has 1 aliphatic carbocycles. The van der Waals surface area contributed by atoms with Gasteiger partial charge in [0, 0.05) is 24.1 Å². The minimum atomic E-state index is -0.980. The lowest BCUT2D eigenvalue weighted by Gasteiger charge is -2.29. The Kier molecular flexibility index (Phi) is 10.5. The molecule has 2 aromatic carbocycles. The van der Waals surface area contributed by atoms with Crippen molar-refractivity contribution in [1.29, 1.82) is 0 Å². The van der Waals surface area contributed by atoms with Gasteiger partial charge in [-0.05, 0) is 85.9 Å². The molecular weight excluding hydrogens is 529 g/mol. The van der Waals surface area contributed by atoms with Crippen molar-refractivity contribution < 1.29 is 23.8 Å². The maximum absolute atomic E-state index is 14.8. The van der Waals surface area contributed by atoms with E-state index in [4.69, 9.17) is 11.2 Å². The van der Waals surface area contributed by atoms with E-state index in [1.807, 2.05) is 30.5 Å². The molecule has 2 bridgehead atoms. The van der Waals surface area contributed by atoms with Gasteiger partial charge in [0.05, 0.1) is 18.8 Å². The molecule has 9 heteroatoms. The fourth-order valence-electron chi connectivity index (χ4n) is 4.99. The monoisotopic (exact) mass is 567 g/mol. The van der Waals surface area contributed by atoms with Crippen LogP contribution in [0.3, 0.4) is 0 Å². The summed E-state index contributed by atoms with van der Waals surface area (Å²) in [6, 6.07) is 11.1. The van der Waals surface area contributed by atoms with Gasteiger partial charge in [-0.1, -0.05) is 24.1 Å². The van der Waals surface area contributed by atoms with Crippen molar-refractivity contribution in [3.05, 3.63) is 65.0 Å². The highest BCUT2D eigenvalue weighted by molar-refractivity contribution is 7.98. The predicted octanol–water partition coefficient (Wildman–Crippen LogP) is 3.27. The molecule has 2 amide bonds. The zero-order chi connectivity index (χ0) is 28.5. The summed E-state index contributed by atoms with van der Waals surface area (Å²) in [7, 11) is 0. The first kappa shape index (κ1) is 29.9. The second-order valence-electron chi connectivity index (χ2n) is 10.5. The summed E-state index contributed by atoms with van der Waals surface area (Å²) in [5.41, 5.74) is 2.20. The van der Waals surface area contributed by atoms with Crippen molar-refractivity contribution in [2.45, 2.75) is 68.7 Å². The van der Waals surface area contributed by atoms with E-state index in [-0.39, 0.29) is 42.5 Å². The number of hydrogen-bond donors (Lipinski definition) is 4. The van der Waals surface area contributed by atoms with Crippen LogP contribution in [0.5, 0.6) is 5.75 Å². The van der Waals surface area contributed by atoms with Gasteiger partial charge in [0.2, 0.25) is 11.8 Å². The highest BCUT2D eigenvalue weighted by Crippen LogP contribution is 2.45. The van der Waals surface area contributed by atoms with E-state index in [9.17, 15) is 19.1 Å². The third-order valence-electron chi connectivity index (χ3n) is 7.54. The van der Waals surface area contributed by atoms with Crippen molar-refractivity contribution in [2.75, 3.05) is 25.2 Å². The Labute approximate surface area is 240 Å². The summed E-state index contributed by atoms with van der Waals surface area (Å²) >= 11 is 1.59. The van der Waals surface area contributed by atoms with Crippen LogP contribution in [0.4, 0.5) is 4.39 Å². The number of amides is 2. The Morgan fingerprint density at radius 1 is 1.23 bits per heavy atom. The Morgan fingerprint density at radius 2 is 2.05 bits per heavy atom. The second-order valence-corrected chi connectivity index (χ2v) is 11.5. The Hall–Kier alpha value is -3.06. The zero-order valence-corrected chi connectivity index (χ0v) is 23.7. The summed E-state index contributed by atoms with van der Waals surface area (Å²) in [5.74, 6) is 2.42. The number of carbonyl (C=O) groups is 2. The molecule has 5 rings (SSSR count). The molecule has 4 N–H and O–H groups in total. The lowest BCUT2D eigenvalue weighted by molar-refractivity contribution is -0.130. The number of halogens is 1. The molecule has 2 heterocycles. The van der Waals surface area contributed by atoms with Crippen LogP contribution >= 0.6 is 11.8 Å². The number of benzene rings is 2. The van der Waals surface area contributed by atoms with E-state index in [1.54, 1.807) is 23.9 Å². The molecule has 1 saturated carbocycles. The minimum Gasteiger partial charge on any atom is -0.491 e. The van der Waals surface area contributed by atoms with Crippen molar-refractivity contribution in [3.8, 4) is 18.1 Å². The van der Waals surface area contributed by atoms with E-state index in [0.717, 1.165) is 24.0 Å². The third-order valence-corrected chi connectivity index (χ3v) is 8.19. The Bertz CT molecular complexity index is 1230. The fourth-order valence-corrected chi connectivity index (χ4v) is 5.46. The smallest absolute Gasteiger partial charge is 0.242 e. The van der Waals surface area contributed by atoms with Crippen molar-refractivity contribution in [2.24, 2.45) is 0 Å². The van der Waals surface area contributed by atoms with E-state index in [0.29, 0.717) is 37.2 Å². The molecule has 2 aromatic rings. The average molecular weight is 568 g/mol. The highest BCUT2D eigenvalue weighted by Gasteiger charge is 2.44. The number of hydrogen-bond acceptors (Lipinski definition) is 6. The molecule has 0 saturated heterocycles. The molecule has 0 aromatic heterocycles. The van der Waals surface area contributed by atoms with Crippen LogP contribution in [0.2, 0.25) is 0 Å². The first-order valence-electron chi connectivity index (χ1n) is 13.8. The largest absolute Gasteiger partial charge is 0.491 e. The number of ether oxygens (including phenoxy) is 1. The van der Waals surface area contributed by atoms with Crippen molar-refractivity contribution in [1.82, 2.24) is 16.0 Å². The normalized spacial score (nSPS) is 21.9. The summed E-state index contributed by atoms with van der Waals surface area (Å²) in [6.07, 6.45) is 10.4. The number of nitrogens with one attached hydrogen (secondary N) is 3. The number of aliphatic hydroxyl groups is 1. The van der Waals surface area contributed by atoms with Gasteiger partial charge in [-0.15, -0.1) is 6.42 Å². The number of aliphatic hydroxyl groups excluding tert-OH is 1. The average Bonchev–Trinajstić information content (AvgIpc) is 3.75. The van der Waals surface area contributed by atoms with Gasteiger partial charge >= 0.3 is 0 Å². The number of fused-ring (bicyclic) bond motifs is 13. The van der Waals surface area contributed by atoms with Crippen molar-refractivity contribution >= 4 is 23.6 Å². The number of rotatable bonds is 8. The number of thioether (sulfide) groups is 1. The molecule has 0 spiro atoms. The molecule has 214 valence electrons. The SMILES string of the molecule is C#Cc1cccc(C2(NC[C@@H](O)[C@@H]3Cc4ccc(c(F)c4)OCCCCC(=O)N[C@@H](CCSC)C(=O)N3)CC2)c1. The minimum absolute atomic E-state index is 0.144. The predicted molar refractivity (Wildman–Crippen MR) is 156 cm³/mol. The highest BCUT2D eigenvalue weighted by atomic mass is 32.2. The first-order valence-corrected chi connectivity index (χ1v) is 15.2. The van der Waals surface area contributed by atoms with Crippen LogP contribution in [-0.4, -0.2) is 60.3 Å². The lowest BCUT2D eigenvalue weighted by Crippen LogP contribution is -2.55. The van der Waals surface area contributed by atoms with Crippen LogP contribution in [0, 0.1) is 18.2 Å². The van der Waals surface area contributed by atoms with E-state index >= 15 is 0 Å². The van der Waals surface area contributed by atoms with Crippen molar-refractivity contribution in [3.63, 3.8) is 0 Å². The van der Waals surface area contributed by atoms with Gasteiger partial charge in [0.1, 0.15) is 6.04 Å². The van der Waals surface area contributed by atoms with E-state index < -0.39 is 24.0 Å². The van der Waals surface area contributed by atoms with Crippen LogP contribution in [-0.2, 0) is 21.5 Å². The molecule has 0 radical (unpaired) electrons. The summed E-state index contributed by atoms with van der Waals surface area (Å²) in [5, 5.41) is 20.7. The molecule has 1 fully saturated rings. The zero-order valence-electron chi connectivity index (χ0n) is 22.9. The Morgan fingerprint density at radius 3 is 2.77 bits per heavy atom. The van der Waals surface area contributed by atoms with E-state index in [2.05, 4.69) is 21.9 Å². The van der Waals surface area contributed by atoms with Crippen LogP contribution in [0.25, 0.3) is 0 Å². The van der Waals surface area contributed by atoms with Gasteiger partial charge in [0.15, 0.2) is 11.6 Å². The van der Waals surface area contributed by atoms with Gasteiger partial charge in [-0.3, -0.25) is 9.59 Å². The van der Waals surface area contributed by atoms with Crippen LogP contribution in [0.15, 0.2) is 42.5 Å². The van der Waals surface area contributed by atoms with Gasteiger partial charge < -0.3 is 25.8 Å². The number of carbonyl (C=O) groups excluding carboxylic acids is 2. The third kappa shape index (κ3) is 8.00. The molecule has 3 aliphatic rings. The second kappa shape index (κ2) is 14.0. The molecular formula is C31H38FN3O4S. The topological polar surface area (TPSA) is 99.7 Å². The maximum Gasteiger partial charge on any atom is 0.242 e. The van der Waals surface area contributed by atoms with Gasteiger partial charge in [-0.25, -0.2) is 4.39 Å². The summed E-state index contributed by atoms with van der Waals surface area (Å²) in [6.45, 7) is 0.496. The lowest BCUT2D eigenvalue weighted by atomic mass is 9.98. The fraction of sp³-hybridized carbons (Fsp3) is 0.484. The van der Waals surface area contributed by atoms with E-state index in [1.165, 1.54) is 6.07 Å². The maximum atomic E-state index is 14.8. The van der Waals surface area contributed by atoms with Gasteiger partial charge in [-0.2, -0.15) is 11.8 Å². The Balaban J connectivity index is 1.54. The summed E-state index contributed by atoms with van der Waals surface area (Å²) < 4.78 is 20.4. The molecule has 2 aliphatic heterocycles. The van der Waals surface area contributed by atoms with Crippen LogP contribution in [0.1, 0.15) is 55.2 Å². The summed E-state index contributed by atoms with van der Waals surface area (Å²) in [4.78, 5) is 26.0. The molecule has 7 nitrogen and oxygen atoms in total. The number of terminal acetylenes is 1. The van der Waals surface area contributed by atoms with Gasteiger partial charge in [0.25, 0.3) is 0 Å². The molecule has 0 unspecified atom stereocenters. The molecule has 40 heavy (non-hydrogen) atoms. The molecule has 3 atom stereocenters. The first-order chi connectivity index (χ1) is 19.3.